The molecule has 0 saturated carbocycles. The highest BCUT2D eigenvalue weighted by atomic mass is 79.9. The number of ketones is 1. The van der Waals surface area contributed by atoms with Gasteiger partial charge in [-0.05, 0) is 17.7 Å². The Kier molecular flexibility index (Phi) is 4.03. The van der Waals surface area contributed by atoms with E-state index in [0.717, 1.165) is 4.47 Å². The van der Waals surface area contributed by atoms with Gasteiger partial charge in [-0.1, -0.05) is 28.9 Å². The van der Waals surface area contributed by atoms with Gasteiger partial charge < -0.3 is 5.11 Å². The average molecular weight is 271 g/mol. The molecule has 0 amide bonds. The fraction of sp³-hybridized carbons (Fsp3) is 0.273. The monoisotopic (exact) mass is 270 g/mol. The summed E-state index contributed by atoms with van der Waals surface area (Å²) in [7, 11) is 0. The Bertz CT molecular complexity index is 399. The second-order valence-corrected chi connectivity index (χ2v) is 4.01. The van der Waals surface area contributed by atoms with Gasteiger partial charge >= 0.3 is 5.97 Å². The van der Waals surface area contributed by atoms with Crippen molar-refractivity contribution in [2.75, 3.05) is 0 Å². The van der Waals surface area contributed by atoms with E-state index in [9.17, 15) is 9.59 Å². The number of aliphatic carboxylic acids is 1. The first-order valence-electron chi connectivity index (χ1n) is 4.58. The molecule has 15 heavy (non-hydrogen) atoms. The Labute approximate surface area is 96.2 Å². The van der Waals surface area contributed by atoms with Gasteiger partial charge in [0, 0.05) is 16.5 Å². The Hall–Kier alpha value is -1.16. The Balaban J connectivity index is 3.05. The van der Waals surface area contributed by atoms with Crippen molar-refractivity contribution in [2.24, 2.45) is 0 Å². The van der Waals surface area contributed by atoms with E-state index in [2.05, 4.69) is 15.9 Å². The van der Waals surface area contributed by atoms with Gasteiger partial charge in [0.15, 0.2) is 5.78 Å². The van der Waals surface area contributed by atoms with Crippen LogP contribution in [0.5, 0.6) is 0 Å². The van der Waals surface area contributed by atoms with Crippen molar-refractivity contribution in [3.05, 3.63) is 33.8 Å². The van der Waals surface area contributed by atoms with E-state index in [1.54, 1.807) is 25.1 Å². The van der Waals surface area contributed by atoms with E-state index in [4.69, 9.17) is 5.11 Å². The van der Waals surface area contributed by atoms with Gasteiger partial charge in [-0.25, -0.2) is 0 Å². The lowest BCUT2D eigenvalue weighted by molar-refractivity contribution is -0.136. The van der Waals surface area contributed by atoms with Crippen LogP contribution in [-0.2, 0) is 11.2 Å². The highest BCUT2D eigenvalue weighted by molar-refractivity contribution is 9.10. The van der Waals surface area contributed by atoms with Gasteiger partial charge in [-0.15, -0.1) is 0 Å². The van der Waals surface area contributed by atoms with Crippen molar-refractivity contribution in [3.8, 4) is 0 Å². The van der Waals surface area contributed by atoms with E-state index < -0.39 is 5.97 Å². The SMILES string of the molecule is CCC(=O)c1ccc(Br)c(CC(=O)O)c1. The Morgan fingerprint density at radius 1 is 1.40 bits per heavy atom. The van der Waals surface area contributed by atoms with Gasteiger partial charge in [0.25, 0.3) is 0 Å². The molecule has 80 valence electrons. The van der Waals surface area contributed by atoms with Crippen LogP contribution in [0.2, 0.25) is 0 Å². The van der Waals surface area contributed by atoms with Crippen molar-refractivity contribution < 1.29 is 14.7 Å². The molecule has 0 aliphatic heterocycles. The zero-order valence-corrected chi connectivity index (χ0v) is 9.87. The number of carbonyl (C=O) groups is 2. The fourth-order valence-corrected chi connectivity index (χ4v) is 1.64. The average Bonchev–Trinajstić information content (AvgIpc) is 2.19. The zero-order chi connectivity index (χ0) is 11.4. The summed E-state index contributed by atoms with van der Waals surface area (Å²) in [4.78, 5) is 22.0. The number of rotatable bonds is 4. The van der Waals surface area contributed by atoms with Crippen LogP contribution in [0.15, 0.2) is 22.7 Å². The third kappa shape index (κ3) is 3.16. The second-order valence-electron chi connectivity index (χ2n) is 3.15. The molecule has 0 aliphatic rings. The highest BCUT2D eigenvalue weighted by Gasteiger charge is 2.09. The first-order valence-corrected chi connectivity index (χ1v) is 5.37. The fourth-order valence-electron chi connectivity index (χ4n) is 1.25. The van der Waals surface area contributed by atoms with Crippen LogP contribution in [0.1, 0.15) is 29.3 Å². The number of hydrogen-bond donors (Lipinski definition) is 1. The van der Waals surface area contributed by atoms with Crippen molar-refractivity contribution in [3.63, 3.8) is 0 Å². The minimum Gasteiger partial charge on any atom is -0.481 e. The van der Waals surface area contributed by atoms with Crippen molar-refractivity contribution in [1.82, 2.24) is 0 Å². The summed E-state index contributed by atoms with van der Waals surface area (Å²) in [6.45, 7) is 1.78. The molecule has 0 aliphatic carbocycles. The van der Waals surface area contributed by atoms with Crippen LogP contribution in [0, 0.1) is 0 Å². The van der Waals surface area contributed by atoms with E-state index in [-0.39, 0.29) is 12.2 Å². The molecule has 0 radical (unpaired) electrons. The standard InChI is InChI=1S/C11H11BrO3/c1-2-10(13)7-3-4-9(12)8(5-7)6-11(14)15/h3-5H,2,6H2,1H3,(H,14,15). The molecule has 3 nitrogen and oxygen atoms in total. The minimum atomic E-state index is -0.906. The first kappa shape index (κ1) is 11.9. The molecule has 0 bridgehead atoms. The third-order valence-corrected chi connectivity index (χ3v) is 2.80. The summed E-state index contributed by atoms with van der Waals surface area (Å²) >= 11 is 3.26. The molecular formula is C11H11BrO3. The highest BCUT2D eigenvalue weighted by Crippen LogP contribution is 2.19. The summed E-state index contributed by atoms with van der Waals surface area (Å²) in [5.74, 6) is -0.883. The number of benzene rings is 1. The molecule has 1 aromatic rings. The molecule has 0 unspecified atom stereocenters. The van der Waals surface area contributed by atoms with Gasteiger partial charge in [-0.3, -0.25) is 9.59 Å². The van der Waals surface area contributed by atoms with Gasteiger partial charge in [0.1, 0.15) is 0 Å². The maximum atomic E-state index is 11.4. The van der Waals surface area contributed by atoms with Crippen molar-refractivity contribution in [1.29, 1.82) is 0 Å². The van der Waals surface area contributed by atoms with Crippen LogP contribution in [0.25, 0.3) is 0 Å². The van der Waals surface area contributed by atoms with Crippen LogP contribution < -0.4 is 0 Å². The summed E-state index contributed by atoms with van der Waals surface area (Å²) in [5.41, 5.74) is 1.19. The summed E-state index contributed by atoms with van der Waals surface area (Å²) in [6.07, 6.45) is 0.347. The molecular weight excluding hydrogens is 260 g/mol. The minimum absolute atomic E-state index is 0.0224. The molecule has 0 atom stereocenters. The van der Waals surface area contributed by atoms with E-state index >= 15 is 0 Å². The lowest BCUT2D eigenvalue weighted by Gasteiger charge is -2.04. The largest absolute Gasteiger partial charge is 0.481 e. The molecule has 0 heterocycles. The quantitative estimate of drug-likeness (QED) is 0.856. The van der Waals surface area contributed by atoms with E-state index in [0.29, 0.717) is 17.5 Å². The van der Waals surface area contributed by atoms with Gasteiger partial charge in [0.05, 0.1) is 6.42 Å². The molecule has 4 heteroatoms. The molecule has 1 rings (SSSR count). The summed E-state index contributed by atoms with van der Waals surface area (Å²) in [5, 5.41) is 8.67. The number of halogens is 1. The lowest BCUT2D eigenvalue weighted by atomic mass is 10.0. The molecule has 1 N–H and O–H groups in total. The van der Waals surface area contributed by atoms with Crippen LogP contribution in [0.4, 0.5) is 0 Å². The molecule has 1 aromatic carbocycles. The lowest BCUT2D eigenvalue weighted by Crippen LogP contribution is -2.03. The van der Waals surface area contributed by atoms with Crippen LogP contribution >= 0.6 is 15.9 Å². The van der Waals surface area contributed by atoms with Crippen LogP contribution in [-0.4, -0.2) is 16.9 Å². The van der Waals surface area contributed by atoms with Gasteiger partial charge in [0.2, 0.25) is 0 Å². The molecule has 0 aromatic heterocycles. The smallest absolute Gasteiger partial charge is 0.307 e. The predicted molar refractivity (Wildman–Crippen MR) is 60.1 cm³/mol. The van der Waals surface area contributed by atoms with E-state index in [1.165, 1.54) is 0 Å². The molecule has 0 saturated heterocycles. The number of carboxylic acids is 1. The molecule has 0 spiro atoms. The van der Waals surface area contributed by atoms with Crippen molar-refractivity contribution in [2.45, 2.75) is 19.8 Å². The zero-order valence-electron chi connectivity index (χ0n) is 8.29. The van der Waals surface area contributed by atoms with Crippen molar-refractivity contribution >= 4 is 27.7 Å². The normalized spacial score (nSPS) is 10.0. The second kappa shape index (κ2) is 5.07. The molecule has 0 fully saturated rings. The van der Waals surface area contributed by atoms with E-state index in [1.807, 2.05) is 0 Å². The summed E-state index contributed by atoms with van der Waals surface area (Å²) < 4.78 is 0.720. The topological polar surface area (TPSA) is 54.4 Å². The third-order valence-electron chi connectivity index (χ3n) is 2.03. The number of Topliss-reactive ketones (excluding diaryl/α,β-unsaturated/α-hetero) is 1. The maximum absolute atomic E-state index is 11.4. The number of hydrogen-bond acceptors (Lipinski definition) is 2. The summed E-state index contributed by atoms with van der Waals surface area (Å²) in [6, 6.07) is 5.03. The van der Waals surface area contributed by atoms with Crippen LogP contribution in [0.3, 0.4) is 0 Å². The Morgan fingerprint density at radius 2 is 2.07 bits per heavy atom. The van der Waals surface area contributed by atoms with Gasteiger partial charge in [-0.2, -0.15) is 0 Å². The first-order chi connectivity index (χ1) is 7.04. The maximum Gasteiger partial charge on any atom is 0.307 e. The predicted octanol–water partition coefficient (Wildman–Crippen LogP) is 2.67. The Morgan fingerprint density at radius 3 is 2.60 bits per heavy atom. The number of carboxylic acid groups (broad SMARTS) is 1. The number of carbonyl (C=O) groups excluding carboxylic acids is 1.